The summed E-state index contributed by atoms with van der Waals surface area (Å²) in [5, 5.41) is 25.6. The topological polar surface area (TPSA) is 161 Å². The van der Waals surface area contributed by atoms with E-state index >= 15 is 4.39 Å². The number of halogens is 1. The van der Waals surface area contributed by atoms with E-state index in [1.165, 1.54) is 17.2 Å². The van der Waals surface area contributed by atoms with E-state index in [0.717, 1.165) is 5.56 Å². The number of benzene rings is 2. The summed E-state index contributed by atoms with van der Waals surface area (Å²) in [4.78, 5) is 19.1. The van der Waals surface area contributed by atoms with Gasteiger partial charge in [-0.2, -0.15) is 20.3 Å². The van der Waals surface area contributed by atoms with Gasteiger partial charge in [-0.05, 0) is 29.8 Å². The molecule has 0 saturated carbocycles. The summed E-state index contributed by atoms with van der Waals surface area (Å²) in [7, 11) is 1.72. The summed E-state index contributed by atoms with van der Waals surface area (Å²) in [6.07, 6.45) is 4.72. The number of hydrogen-bond acceptors (Lipinski definition) is 10. The maximum absolute atomic E-state index is 15.1. The van der Waals surface area contributed by atoms with Crippen molar-refractivity contribution in [1.29, 1.82) is 5.26 Å². The Morgan fingerprint density at radius 1 is 1.10 bits per heavy atom. The minimum absolute atomic E-state index is 0.105. The van der Waals surface area contributed by atoms with Crippen LogP contribution in [0.5, 0.6) is 0 Å². The fraction of sp³-hybridized carbons (Fsp3) is 0.111. The van der Waals surface area contributed by atoms with Gasteiger partial charge in [-0.25, -0.2) is 28.8 Å². The highest BCUT2D eigenvalue weighted by atomic mass is 19.1. The van der Waals surface area contributed by atoms with Gasteiger partial charge in [0.1, 0.15) is 23.5 Å². The largest absolute Gasteiger partial charge is 0.381 e. The molecule has 12 nitrogen and oxygen atoms in total. The van der Waals surface area contributed by atoms with Gasteiger partial charge in [0.2, 0.25) is 0 Å². The van der Waals surface area contributed by atoms with Gasteiger partial charge in [-0.15, -0.1) is 5.10 Å². The molecule has 4 heterocycles. The Labute approximate surface area is 227 Å². The predicted octanol–water partition coefficient (Wildman–Crippen LogP) is 3.17. The van der Waals surface area contributed by atoms with Crippen molar-refractivity contribution in [2.75, 3.05) is 11.1 Å². The molecular weight excluding hydrogens is 511 g/mol. The molecule has 0 atom stereocenters. The lowest BCUT2D eigenvalue weighted by Gasteiger charge is -2.11. The first kappa shape index (κ1) is 24.6. The van der Waals surface area contributed by atoms with Crippen LogP contribution >= 0.6 is 0 Å². The van der Waals surface area contributed by atoms with Crippen molar-refractivity contribution in [3.8, 4) is 28.7 Å². The number of hydrogen-bond donors (Lipinski definition) is 2. The van der Waals surface area contributed by atoms with E-state index in [1.54, 1.807) is 54.3 Å². The van der Waals surface area contributed by atoms with Gasteiger partial charge in [-0.1, -0.05) is 24.3 Å². The van der Waals surface area contributed by atoms with E-state index in [0.29, 0.717) is 57.6 Å². The third-order valence-corrected chi connectivity index (χ3v) is 6.25. The molecule has 0 aliphatic carbocycles. The maximum Gasteiger partial charge on any atom is 0.198 e. The van der Waals surface area contributed by atoms with Crippen LogP contribution in [0.2, 0.25) is 0 Å². The van der Waals surface area contributed by atoms with E-state index in [-0.39, 0.29) is 18.1 Å². The molecule has 13 heteroatoms. The van der Waals surface area contributed by atoms with Crippen molar-refractivity contribution in [2.24, 2.45) is 7.05 Å². The molecule has 196 valence electrons. The number of anilines is 2. The lowest BCUT2D eigenvalue weighted by Crippen LogP contribution is -2.07. The van der Waals surface area contributed by atoms with Crippen molar-refractivity contribution in [1.82, 2.24) is 44.5 Å². The Morgan fingerprint density at radius 2 is 1.98 bits per heavy atom. The highest BCUT2D eigenvalue weighted by molar-refractivity contribution is 5.81. The number of nitrogens with two attached hydrogens (primary N) is 1. The number of aromatic nitrogens is 9. The first-order valence-corrected chi connectivity index (χ1v) is 12.2. The van der Waals surface area contributed by atoms with Crippen LogP contribution in [0.15, 0.2) is 67.3 Å². The van der Waals surface area contributed by atoms with Crippen LogP contribution in [0.3, 0.4) is 0 Å². The minimum Gasteiger partial charge on any atom is -0.381 e. The first-order chi connectivity index (χ1) is 19.5. The normalized spacial score (nSPS) is 11.0. The monoisotopic (exact) mass is 532 g/mol. The second kappa shape index (κ2) is 10.2. The Morgan fingerprint density at radius 3 is 2.75 bits per heavy atom. The summed E-state index contributed by atoms with van der Waals surface area (Å²) >= 11 is 0. The quantitative estimate of drug-likeness (QED) is 0.312. The number of rotatable bonds is 7. The average molecular weight is 533 g/mol. The standard InChI is InChI=1S/C27H21FN12/c1-39-34-14-23(37-39)32-13-18-6-3-7-20(28)19(18)11-22-35-27-26(30)36-24(17-5-2-4-16(10-17)12-29)25(40(27)38-22)21-8-9-31-15-33-21/h2-10,14-15H,11,13H2,1H3,(H2,30,36)(H,32,37). The lowest BCUT2D eigenvalue weighted by atomic mass is 10.0. The number of nitriles is 1. The van der Waals surface area contributed by atoms with E-state index in [9.17, 15) is 5.26 Å². The van der Waals surface area contributed by atoms with E-state index in [4.69, 9.17) is 10.8 Å². The number of aryl methyl sites for hydroxylation is 1. The van der Waals surface area contributed by atoms with Crippen LogP contribution in [0.1, 0.15) is 22.5 Å². The molecule has 6 aromatic rings. The number of nitrogen functional groups attached to an aromatic ring is 1. The van der Waals surface area contributed by atoms with Crippen molar-refractivity contribution < 1.29 is 4.39 Å². The highest BCUT2D eigenvalue weighted by Crippen LogP contribution is 2.32. The molecule has 2 aromatic carbocycles. The molecular formula is C27H21FN12. The summed E-state index contributed by atoms with van der Waals surface area (Å²) in [6, 6.07) is 15.8. The van der Waals surface area contributed by atoms with Gasteiger partial charge in [0.15, 0.2) is 23.1 Å². The molecule has 0 aliphatic heterocycles. The zero-order chi connectivity index (χ0) is 27.6. The lowest BCUT2D eigenvalue weighted by molar-refractivity contribution is 0.608. The van der Waals surface area contributed by atoms with Gasteiger partial charge >= 0.3 is 0 Å². The molecule has 4 aromatic heterocycles. The van der Waals surface area contributed by atoms with Gasteiger partial charge in [0.25, 0.3) is 0 Å². The fourth-order valence-electron chi connectivity index (χ4n) is 4.41. The molecule has 0 spiro atoms. The summed E-state index contributed by atoms with van der Waals surface area (Å²) < 4.78 is 16.7. The molecule has 0 amide bonds. The molecule has 0 bridgehead atoms. The van der Waals surface area contributed by atoms with Crippen LogP contribution in [0, 0.1) is 17.1 Å². The van der Waals surface area contributed by atoms with Crippen LogP contribution in [0.4, 0.5) is 16.0 Å². The second-order valence-corrected chi connectivity index (χ2v) is 8.87. The van der Waals surface area contributed by atoms with Crippen LogP contribution in [-0.4, -0.2) is 44.5 Å². The summed E-state index contributed by atoms with van der Waals surface area (Å²) in [6.45, 7) is 0.328. The Kier molecular flexibility index (Phi) is 6.25. The van der Waals surface area contributed by atoms with Crippen LogP contribution in [0.25, 0.3) is 28.3 Å². The molecule has 40 heavy (non-hydrogen) atoms. The number of fused-ring (bicyclic) bond motifs is 1. The molecule has 0 saturated heterocycles. The van der Waals surface area contributed by atoms with E-state index in [2.05, 4.69) is 41.5 Å². The van der Waals surface area contributed by atoms with Crippen molar-refractivity contribution in [2.45, 2.75) is 13.0 Å². The minimum atomic E-state index is -0.381. The van der Waals surface area contributed by atoms with Gasteiger partial charge < -0.3 is 11.1 Å². The zero-order valence-electron chi connectivity index (χ0n) is 21.2. The zero-order valence-corrected chi connectivity index (χ0v) is 21.2. The average Bonchev–Trinajstić information content (AvgIpc) is 3.60. The number of nitrogens with one attached hydrogen (secondary N) is 1. The second-order valence-electron chi connectivity index (χ2n) is 8.87. The maximum atomic E-state index is 15.1. The van der Waals surface area contributed by atoms with Crippen molar-refractivity contribution in [3.05, 3.63) is 95.6 Å². The third-order valence-electron chi connectivity index (χ3n) is 6.25. The first-order valence-electron chi connectivity index (χ1n) is 12.2. The van der Waals surface area contributed by atoms with Crippen LogP contribution < -0.4 is 11.1 Å². The van der Waals surface area contributed by atoms with Crippen molar-refractivity contribution >= 4 is 17.3 Å². The van der Waals surface area contributed by atoms with Crippen molar-refractivity contribution in [3.63, 3.8) is 0 Å². The Balaban J connectivity index is 1.45. The smallest absolute Gasteiger partial charge is 0.198 e. The van der Waals surface area contributed by atoms with Gasteiger partial charge in [-0.3, -0.25) is 0 Å². The number of nitrogens with zero attached hydrogens (tertiary/aromatic N) is 10. The Hall–Kier alpha value is -5.77. The predicted molar refractivity (Wildman–Crippen MR) is 144 cm³/mol. The molecule has 0 fully saturated rings. The fourth-order valence-corrected chi connectivity index (χ4v) is 4.41. The summed E-state index contributed by atoms with van der Waals surface area (Å²) in [5.74, 6) is 0.669. The SMILES string of the molecule is Cn1ncc(NCc2cccc(F)c2Cc2nc3c(N)nc(-c4cccc(C#N)c4)c(-c4ccncn4)n3n2)n1. The molecule has 6 rings (SSSR count). The molecule has 0 aliphatic rings. The third kappa shape index (κ3) is 4.65. The summed E-state index contributed by atoms with van der Waals surface area (Å²) in [5.41, 5.74) is 10.5. The highest BCUT2D eigenvalue weighted by Gasteiger charge is 2.22. The van der Waals surface area contributed by atoms with Gasteiger partial charge in [0.05, 0.1) is 23.5 Å². The molecule has 0 radical (unpaired) electrons. The molecule has 0 unspecified atom stereocenters. The Bertz CT molecular complexity index is 1890. The molecule has 3 N–H and O–H groups in total. The van der Waals surface area contributed by atoms with Crippen LogP contribution in [-0.2, 0) is 20.0 Å². The van der Waals surface area contributed by atoms with E-state index in [1.807, 2.05) is 12.1 Å². The van der Waals surface area contributed by atoms with Gasteiger partial charge in [0, 0.05) is 37.3 Å². The van der Waals surface area contributed by atoms with E-state index < -0.39 is 0 Å².